The number of pyridine rings is 1. The molecule has 0 aliphatic carbocycles. The van der Waals surface area contributed by atoms with E-state index >= 15 is 0 Å². The van der Waals surface area contributed by atoms with Gasteiger partial charge in [-0.25, -0.2) is 4.98 Å². The molecule has 23 heavy (non-hydrogen) atoms. The molecule has 2 rings (SSSR count). The number of hydrogen-bond acceptors (Lipinski definition) is 6. The molecular weight excluding hydrogens is 296 g/mol. The lowest BCUT2D eigenvalue weighted by Gasteiger charge is -2.13. The second-order valence-electron chi connectivity index (χ2n) is 5.11. The van der Waals surface area contributed by atoms with Gasteiger partial charge in [-0.2, -0.15) is 0 Å². The molecule has 0 aliphatic heterocycles. The SMILES string of the molecule is O=Cc1ccc(Cn2c(NCCCCCO)nccc2=O)cn1. The molecule has 0 aliphatic rings. The van der Waals surface area contributed by atoms with Crippen LogP contribution in [0.1, 0.15) is 35.3 Å². The molecule has 7 heteroatoms. The van der Waals surface area contributed by atoms with Crippen LogP contribution < -0.4 is 10.9 Å². The third-order valence-electron chi connectivity index (χ3n) is 3.36. The minimum absolute atomic E-state index is 0.155. The first-order valence-electron chi connectivity index (χ1n) is 7.55. The number of aromatic nitrogens is 3. The maximum absolute atomic E-state index is 12.1. The summed E-state index contributed by atoms with van der Waals surface area (Å²) in [6.07, 6.45) is 6.31. The van der Waals surface area contributed by atoms with Gasteiger partial charge in [0, 0.05) is 31.6 Å². The number of aliphatic hydroxyl groups excluding tert-OH is 1. The highest BCUT2D eigenvalue weighted by Gasteiger charge is 2.06. The molecule has 0 spiro atoms. The molecule has 2 N–H and O–H groups in total. The number of aliphatic hydroxyl groups is 1. The maximum Gasteiger partial charge on any atom is 0.255 e. The van der Waals surface area contributed by atoms with Gasteiger partial charge in [0.2, 0.25) is 5.95 Å². The summed E-state index contributed by atoms with van der Waals surface area (Å²) in [7, 11) is 0. The van der Waals surface area contributed by atoms with E-state index in [0.29, 0.717) is 31.0 Å². The highest BCUT2D eigenvalue weighted by molar-refractivity contribution is 5.71. The van der Waals surface area contributed by atoms with Gasteiger partial charge < -0.3 is 10.4 Å². The summed E-state index contributed by atoms with van der Waals surface area (Å²) in [4.78, 5) is 30.9. The van der Waals surface area contributed by atoms with Gasteiger partial charge in [0.05, 0.1) is 6.54 Å². The lowest BCUT2D eigenvalue weighted by atomic mass is 10.2. The molecule has 0 fully saturated rings. The van der Waals surface area contributed by atoms with Crippen molar-refractivity contribution in [2.24, 2.45) is 0 Å². The maximum atomic E-state index is 12.1. The van der Waals surface area contributed by atoms with E-state index in [2.05, 4.69) is 15.3 Å². The van der Waals surface area contributed by atoms with Crippen LogP contribution in [0.15, 0.2) is 35.4 Å². The van der Waals surface area contributed by atoms with Crippen LogP contribution in [0.2, 0.25) is 0 Å². The second-order valence-corrected chi connectivity index (χ2v) is 5.11. The van der Waals surface area contributed by atoms with E-state index in [1.807, 2.05) is 0 Å². The number of carbonyl (C=O) groups is 1. The molecule has 7 nitrogen and oxygen atoms in total. The molecule has 0 aromatic carbocycles. The summed E-state index contributed by atoms with van der Waals surface area (Å²) in [6.45, 7) is 1.20. The number of aldehydes is 1. The summed E-state index contributed by atoms with van der Waals surface area (Å²) < 4.78 is 1.53. The van der Waals surface area contributed by atoms with Crippen LogP contribution in [-0.4, -0.2) is 39.1 Å². The minimum atomic E-state index is -0.155. The van der Waals surface area contributed by atoms with Crippen LogP contribution in [0.5, 0.6) is 0 Å². The number of nitrogens with zero attached hydrogens (tertiary/aromatic N) is 3. The quantitative estimate of drug-likeness (QED) is 0.530. The van der Waals surface area contributed by atoms with Crippen molar-refractivity contribution in [3.8, 4) is 0 Å². The van der Waals surface area contributed by atoms with Crippen LogP contribution in [-0.2, 0) is 6.54 Å². The Kier molecular flexibility index (Phi) is 6.43. The number of hydrogen-bond donors (Lipinski definition) is 2. The van der Waals surface area contributed by atoms with E-state index in [4.69, 9.17) is 5.11 Å². The Hall–Kier alpha value is -2.54. The Morgan fingerprint density at radius 1 is 1.17 bits per heavy atom. The summed E-state index contributed by atoms with van der Waals surface area (Å²) in [6, 6.07) is 4.79. The van der Waals surface area contributed by atoms with E-state index in [-0.39, 0.29) is 12.2 Å². The van der Waals surface area contributed by atoms with Gasteiger partial charge >= 0.3 is 0 Å². The van der Waals surface area contributed by atoms with E-state index in [0.717, 1.165) is 24.8 Å². The largest absolute Gasteiger partial charge is 0.396 e. The summed E-state index contributed by atoms with van der Waals surface area (Å²) in [5, 5.41) is 11.9. The Balaban J connectivity index is 2.07. The molecule has 0 amide bonds. The van der Waals surface area contributed by atoms with Crippen LogP contribution >= 0.6 is 0 Å². The first-order valence-corrected chi connectivity index (χ1v) is 7.55. The highest BCUT2D eigenvalue weighted by Crippen LogP contribution is 2.06. The van der Waals surface area contributed by atoms with Gasteiger partial charge in [-0.1, -0.05) is 6.07 Å². The molecule has 0 saturated heterocycles. The average molecular weight is 316 g/mol. The Morgan fingerprint density at radius 3 is 2.74 bits per heavy atom. The molecule has 0 atom stereocenters. The Bertz CT molecular complexity index is 682. The number of anilines is 1. The molecule has 0 radical (unpaired) electrons. The van der Waals surface area contributed by atoms with Gasteiger partial charge in [-0.05, 0) is 30.9 Å². The first kappa shape index (κ1) is 16.8. The molecule has 2 aromatic rings. The highest BCUT2D eigenvalue weighted by atomic mass is 16.2. The Labute approximate surface area is 134 Å². The number of rotatable bonds is 9. The molecule has 0 bridgehead atoms. The molecule has 0 saturated carbocycles. The van der Waals surface area contributed by atoms with E-state index in [1.54, 1.807) is 18.3 Å². The zero-order valence-corrected chi connectivity index (χ0v) is 12.8. The monoisotopic (exact) mass is 316 g/mol. The van der Waals surface area contributed by atoms with Crippen molar-refractivity contribution in [2.45, 2.75) is 25.8 Å². The van der Waals surface area contributed by atoms with Crippen LogP contribution in [0.3, 0.4) is 0 Å². The van der Waals surface area contributed by atoms with Crippen molar-refractivity contribution in [3.05, 3.63) is 52.2 Å². The lowest BCUT2D eigenvalue weighted by Crippen LogP contribution is -2.24. The van der Waals surface area contributed by atoms with Crippen LogP contribution in [0.4, 0.5) is 5.95 Å². The average Bonchev–Trinajstić information content (AvgIpc) is 2.58. The zero-order valence-electron chi connectivity index (χ0n) is 12.8. The summed E-state index contributed by atoms with van der Waals surface area (Å²) in [5.41, 5.74) is 1.01. The molecule has 0 unspecified atom stereocenters. The topological polar surface area (TPSA) is 97.1 Å². The fourth-order valence-corrected chi connectivity index (χ4v) is 2.13. The predicted octanol–water partition coefficient (Wildman–Crippen LogP) is 1.07. The van der Waals surface area contributed by atoms with Crippen molar-refractivity contribution < 1.29 is 9.90 Å². The van der Waals surface area contributed by atoms with Crippen LogP contribution in [0, 0.1) is 0 Å². The number of nitrogens with one attached hydrogen (secondary N) is 1. The summed E-state index contributed by atoms with van der Waals surface area (Å²) in [5.74, 6) is 0.501. The fourth-order valence-electron chi connectivity index (χ4n) is 2.13. The smallest absolute Gasteiger partial charge is 0.255 e. The third kappa shape index (κ3) is 5.00. The molecule has 2 heterocycles. The standard InChI is InChI=1S/C16H20N4O3/c21-9-3-1-2-7-17-16-18-8-6-15(23)20(16)11-13-4-5-14(12-22)19-10-13/h4-6,8,10,12,21H,1-3,7,9,11H2,(H,17,18). The van der Waals surface area contributed by atoms with E-state index in [9.17, 15) is 9.59 Å². The van der Waals surface area contributed by atoms with Gasteiger partial charge in [-0.15, -0.1) is 0 Å². The fraction of sp³-hybridized carbons (Fsp3) is 0.375. The number of unbranched alkanes of at least 4 members (excludes halogenated alkanes) is 2. The molecule has 122 valence electrons. The van der Waals surface area contributed by atoms with Crippen molar-refractivity contribution in [3.63, 3.8) is 0 Å². The molecular formula is C16H20N4O3. The van der Waals surface area contributed by atoms with Crippen molar-refractivity contribution >= 4 is 12.2 Å². The Morgan fingerprint density at radius 2 is 2.04 bits per heavy atom. The lowest BCUT2D eigenvalue weighted by molar-refractivity contribution is 0.111. The van der Waals surface area contributed by atoms with Gasteiger partial charge in [-0.3, -0.25) is 19.1 Å². The first-order chi connectivity index (χ1) is 11.2. The van der Waals surface area contributed by atoms with Gasteiger partial charge in [0.15, 0.2) is 6.29 Å². The van der Waals surface area contributed by atoms with Crippen LogP contribution in [0.25, 0.3) is 0 Å². The van der Waals surface area contributed by atoms with Crippen molar-refractivity contribution in [2.75, 3.05) is 18.5 Å². The minimum Gasteiger partial charge on any atom is -0.396 e. The molecule has 2 aromatic heterocycles. The van der Waals surface area contributed by atoms with Crippen molar-refractivity contribution in [1.82, 2.24) is 14.5 Å². The van der Waals surface area contributed by atoms with E-state index < -0.39 is 0 Å². The van der Waals surface area contributed by atoms with Gasteiger partial charge in [0.25, 0.3) is 5.56 Å². The van der Waals surface area contributed by atoms with Crippen molar-refractivity contribution in [1.29, 1.82) is 0 Å². The third-order valence-corrected chi connectivity index (χ3v) is 3.36. The van der Waals surface area contributed by atoms with Gasteiger partial charge in [0.1, 0.15) is 5.69 Å². The zero-order chi connectivity index (χ0) is 16.5. The van der Waals surface area contributed by atoms with E-state index in [1.165, 1.54) is 16.8 Å². The summed E-state index contributed by atoms with van der Waals surface area (Å²) >= 11 is 0. The number of carbonyl (C=O) groups excluding carboxylic acids is 1. The normalized spacial score (nSPS) is 10.5. The predicted molar refractivity (Wildman–Crippen MR) is 86.7 cm³/mol. The second kappa shape index (κ2) is 8.79.